The highest BCUT2D eigenvalue weighted by molar-refractivity contribution is 6.00. The van der Waals surface area contributed by atoms with Gasteiger partial charge in [0.15, 0.2) is 22.6 Å². The number of aliphatic hydroxyl groups excluding tert-OH is 1. The van der Waals surface area contributed by atoms with Crippen LogP contribution in [0.2, 0.25) is 0 Å². The molecule has 10 heteroatoms. The first-order chi connectivity index (χ1) is 17.8. The number of aliphatic hydroxyl groups is 2. The van der Waals surface area contributed by atoms with Gasteiger partial charge in [-0.15, -0.1) is 0 Å². The van der Waals surface area contributed by atoms with Crippen molar-refractivity contribution in [1.29, 1.82) is 0 Å². The molecule has 5 saturated heterocycles. The summed E-state index contributed by atoms with van der Waals surface area (Å²) in [7, 11) is 0. The number of esters is 2. The molecule has 8 rings (SSSR count). The number of Topliss-reactive ketones (excluding diaryl/α,β-unsaturated/α-hetero) is 2. The van der Waals surface area contributed by atoms with Crippen LogP contribution in [0.25, 0.3) is 0 Å². The van der Waals surface area contributed by atoms with Gasteiger partial charge in [-0.25, -0.2) is 4.79 Å². The molecule has 5 aliphatic heterocycles. The van der Waals surface area contributed by atoms with Gasteiger partial charge in [0.1, 0.15) is 11.9 Å². The topological polar surface area (TPSA) is 146 Å². The van der Waals surface area contributed by atoms with E-state index in [-0.39, 0.29) is 38.1 Å². The van der Waals surface area contributed by atoms with Gasteiger partial charge in [-0.2, -0.15) is 0 Å². The molecule has 0 amide bonds. The molecule has 5 heterocycles. The molecular weight excluding hydrogens is 496 g/mol. The molecule has 0 radical (unpaired) electrons. The van der Waals surface area contributed by atoms with Gasteiger partial charge >= 0.3 is 11.9 Å². The Hall–Kier alpha value is -2.40. The Labute approximate surface area is 218 Å². The lowest BCUT2D eigenvalue weighted by molar-refractivity contribution is -0.370. The molecule has 3 aliphatic carbocycles. The zero-order valence-electron chi connectivity index (χ0n) is 21.4. The maximum atomic E-state index is 14.8. The highest BCUT2D eigenvalue weighted by atomic mass is 16.8. The van der Waals surface area contributed by atoms with E-state index >= 15 is 0 Å². The van der Waals surface area contributed by atoms with Gasteiger partial charge in [0.05, 0.1) is 30.0 Å². The molecule has 5 bridgehead atoms. The average Bonchev–Trinajstić information content (AvgIpc) is 3.16. The van der Waals surface area contributed by atoms with Crippen molar-refractivity contribution in [1.82, 2.24) is 0 Å². The summed E-state index contributed by atoms with van der Waals surface area (Å²) in [6, 6.07) is 0. The van der Waals surface area contributed by atoms with Crippen molar-refractivity contribution in [2.45, 2.75) is 81.3 Å². The minimum Gasteiger partial charge on any atom is -0.458 e. The molecule has 1 saturated carbocycles. The van der Waals surface area contributed by atoms with E-state index in [1.165, 1.54) is 0 Å². The number of ether oxygens (including phenoxy) is 4. The zero-order valence-corrected chi connectivity index (χ0v) is 21.4. The maximum Gasteiger partial charge on any atom is 0.342 e. The minimum atomic E-state index is -2.23. The number of hydrogen-bond donors (Lipinski definition) is 2. The zero-order chi connectivity index (χ0) is 26.8. The van der Waals surface area contributed by atoms with Crippen molar-refractivity contribution >= 4 is 23.5 Å². The molecule has 38 heavy (non-hydrogen) atoms. The van der Waals surface area contributed by atoms with E-state index < -0.39 is 87.0 Å². The Morgan fingerprint density at radius 2 is 1.87 bits per heavy atom. The molecule has 8 aliphatic rings. The first kappa shape index (κ1) is 23.5. The third-order valence-electron chi connectivity index (χ3n) is 11.9. The van der Waals surface area contributed by atoms with Crippen molar-refractivity contribution in [3.05, 3.63) is 23.8 Å². The largest absolute Gasteiger partial charge is 0.458 e. The van der Waals surface area contributed by atoms with Gasteiger partial charge in [-0.3, -0.25) is 14.4 Å². The van der Waals surface area contributed by atoms with E-state index in [2.05, 4.69) is 0 Å². The van der Waals surface area contributed by atoms with Crippen LogP contribution in [0, 0.1) is 34.5 Å². The van der Waals surface area contributed by atoms with E-state index in [1.54, 1.807) is 32.1 Å². The second-order valence-electron chi connectivity index (χ2n) is 13.2. The summed E-state index contributed by atoms with van der Waals surface area (Å²) >= 11 is 0. The quantitative estimate of drug-likeness (QED) is 0.429. The molecule has 6 fully saturated rings. The smallest absolute Gasteiger partial charge is 0.342 e. The predicted molar refractivity (Wildman–Crippen MR) is 124 cm³/mol. The standard InChI is InChI=1S/C28H30O10/c1-23-10-18-25(3)28-19(23)20(31)27(38-28,35-11-16(23)21(32)36-18)15-5-4-12-8-13(29)9-17(30)24(12,2)14(15)6-7-26(28,34)22(33)37-25/h4-5,8,13-16,18-19,29,34H,6-7,9-11H2,1-3H3/t13-,14-,15+,16-,18-,19+,23+,24+,25+,26-,27-,28-/m0/s1. The van der Waals surface area contributed by atoms with Gasteiger partial charge < -0.3 is 29.2 Å². The number of carbonyl (C=O) groups excluding carboxylic acids is 4. The molecule has 202 valence electrons. The number of fused-ring (bicyclic) bond motifs is 5. The highest BCUT2D eigenvalue weighted by Gasteiger charge is 2.93. The Bertz CT molecular complexity index is 1330. The van der Waals surface area contributed by atoms with Crippen molar-refractivity contribution < 1.29 is 48.3 Å². The van der Waals surface area contributed by atoms with Crippen LogP contribution in [-0.4, -0.2) is 75.1 Å². The average molecular weight is 527 g/mol. The van der Waals surface area contributed by atoms with Gasteiger partial charge in [0, 0.05) is 12.3 Å². The fraction of sp³-hybridized carbons (Fsp3) is 0.714. The summed E-state index contributed by atoms with van der Waals surface area (Å²) in [5, 5.41) is 22.7. The van der Waals surface area contributed by atoms with Crippen LogP contribution in [0.1, 0.15) is 46.5 Å². The van der Waals surface area contributed by atoms with E-state index in [4.69, 9.17) is 18.9 Å². The number of ketones is 2. The highest BCUT2D eigenvalue weighted by Crippen LogP contribution is 2.74. The minimum absolute atomic E-state index is 0.0790. The maximum absolute atomic E-state index is 14.8. The SMILES string of the molecule is C[C@@]12C(=O)C[C@@H](O)C=C1C=C[C@@H]1[C@@H]2CC[C@]2(O)C(=O)O[C@]3(C)[C@@H]4C[C@@]5(C)[C@H]6C(=O)[C@@]1(OC[C@H]5C(=O)O4)O[C@]623. The van der Waals surface area contributed by atoms with Crippen molar-refractivity contribution in [2.75, 3.05) is 6.61 Å². The van der Waals surface area contributed by atoms with Crippen molar-refractivity contribution in [3.8, 4) is 0 Å². The second-order valence-corrected chi connectivity index (χ2v) is 13.2. The number of hydrogen-bond acceptors (Lipinski definition) is 10. The van der Waals surface area contributed by atoms with Crippen molar-refractivity contribution in [2.24, 2.45) is 34.5 Å². The normalized spacial score (nSPS) is 59.2. The van der Waals surface area contributed by atoms with Crippen LogP contribution in [0.3, 0.4) is 0 Å². The van der Waals surface area contributed by atoms with E-state index in [9.17, 15) is 29.4 Å². The van der Waals surface area contributed by atoms with Crippen LogP contribution >= 0.6 is 0 Å². The monoisotopic (exact) mass is 526 g/mol. The lowest BCUT2D eigenvalue weighted by Crippen LogP contribution is -2.79. The van der Waals surface area contributed by atoms with E-state index in [0.29, 0.717) is 5.57 Å². The van der Waals surface area contributed by atoms with Crippen LogP contribution in [-0.2, 0) is 38.1 Å². The van der Waals surface area contributed by atoms with Crippen LogP contribution in [0.15, 0.2) is 23.8 Å². The first-order valence-corrected chi connectivity index (χ1v) is 13.5. The third-order valence-corrected chi connectivity index (χ3v) is 11.9. The molecule has 12 atom stereocenters. The van der Waals surface area contributed by atoms with Crippen molar-refractivity contribution in [3.63, 3.8) is 0 Å². The lowest BCUT2D eigenvalue weighted by Gasteiger charge is -2.62. The number of carbonyl (C=O) groups is 4. The number of allylic oxidation sites excluding steroid dienone is 2. The molecule has 0 unspecified atom stereocenters. The molecule has 0 aromatic rings. The molecule has 10 nitrogen and oxygen atoms in total. The summed E-state index contributed by atoms with van der Waals surface area (Å²) < 4.78 is 25.0. The van der Waals surface area contributed by atoms with Crippen LogP contribution < -0.4 is 0 Å². The molecule has 0 aromatic heterocycles. The third kappa shape index (κ3) is 2.03. The summed E-state index contributed by atoms with van der Waals surface area (Å²) in [4.78, 5) is 55.4. The van der Waals surface area contributed by atoms with Gasteiger partial charge in [-0.05, 0) is 50.0 Å². The summed E-state index contributed by atoms with van der Waals surface area (Å²) in [6.45, 7) is 5.07. The Balaban J connectivity index is 1.43. The predicted octanol–water partition coefficient (Wildman–Crippen LogP) is 0.528. The summed E-state index contributed by atoms with van der Waals surface area (Å²) in [6.07, 6.45) is 3.65. The fourth-order valence-corrected chi connectivity index (χ4v) is 9.89. The summed E-state index contributed by atoms with van der Waals surface area (Å²) in [5.41, 5.74) is -7.17. The fourth-order valence-electron chi connectivity index (χ4n) is 9.89. The number of rotatable bonds is 0. The van der Waals surface area contributed by atoms with E-state index in [0.717, 1.165) is 0 Å². The molecule has 2 spiro atoms. The van der Waals surface area contributed by atoms with Gasteiger partial charge in [0.25, 0.3) is 0 Å². The first-order valence-electron chi connectivity index (χ1n) is 13.5. The van der Waals surface area contributed by atoms with Gasteiger partial charge in [0.2, 0.25) is 5.79 Å². The Kier molecular flexibility index (Phi) is 3.91. The lowest BCUT2D eigenvalue weighted by atomic mass is 9.46. The van der Waals surface area contributed by atoms with E-state index in [1.807, 2.05) is 6.92 Å². The summed E-state index contributed by atoms with van der Waals surface area (Å²) in [5.74, 6) is -7.21. The molecule has 2 N–H and O–H groups in total. The second kappa shape index (κ2) is 6.32. The Morgan fingerprint density at radius 1 is 1.11 bits per heavy atom. The Morgan fingerprint density at radius 3 is 2.63 bits per heavy atom. The van der Waals surface area contributed by atoms with Crippen LogP contribution in [0.5, 0.6) is 0 Å². The van der Waals surface area contributed by atoms with Gasteiger partial charge in [-0.1, -0.05) is 25.2 Å². The molecule has 0 aromatic carbocycles. The molecular formula is C28H30O10. The van der Waals surface area contributed by atoms with Crippen LogP contribution in [0.4, 0.5) is 0 Å².